The van der Waals surface area contributed by atoms with E-state index in [1.165, 1.54) is 5.56 Å². The molecule has 2 aromatic carbocycles. The molecule has 1 N–H and O–H groups in total. The number of hydrogen-bond donors (Lipinski definition) is 1. The average molecular weight is 526 g/mol. The first-order valence-corrected chi connectivity index (χ1v) is 13.2. The van der Waals surface area contributed by atoms with Crippen LogP contribution in [0.15, 0.2) is 81.6 Å². The number of halogens is 1. The van der Waals surface area contributed by atoms with Crippen LogP contribution in [-0.2, 0) is 14.3 Å². The number of thioether (sulfide) groups is 1. The number of carbonyl (C=O) groups is 2. The molecule has 0 bridgehead atoms. The molecule has 4 rings (SSSR count). The van der Waals surface area contributed by atoms with Crippen molar-refractivity contribution < 1.29 is 14.3 Å². The summed E-state index contributed by atoms with van der Waals surface area (Å²) in [5.74, 6) is 1.16. The van der Waals surface area contributed by atoms with E-state index in [1.54, 1.807) is 11.8 Å². The number of ether oxygens (including phenoxy) is 1. The maximum Gasteiger partial charge on any atom is 0.336 e. The molecule has 2 aromatic rings. The molecule has 33 heavy (non-hydrogen) atoms. The Bertz CT molecular complexity index is 1110. The first-order chi connectivity index (χ1) is 16.0. The van der Waals surface area contributed by atoms with Crippen LogP contribution in [0.1, 0.15) is 49.7 Å². The van der Waals surface area contributed by atoms with E-state index >= 15 is 0 Å². The molecule has 2 aliphatic rings. The lowest BCUT2D eigenvalue weighted by molar-refractivity contribution is -0.138. The molecule has 4 nitrogen and oxygen atoms in total. The van der Waals surface area contributed by atoms with Crippen LogP contribution in [0, 0.1) is 0 Å². The molecule has 0 saturated carbocycles. The Balaban J connectivity index is 1.72. The zero-order chi connectivity index (χ0) is 23.4. The van der Waals surface area contributed by atoms with Crippen molar-refractivity contribution in [1.82, 2.24) is 5.32 Å². The van der Waals surface area contributed by atoms with Crippen molar-refractivity contribution in [2.75, 3.05) is 18.1 Å². The molecule has 0 unspecified atom stereocenters. The normalized spacial score (nSPS) is 20.4. The number of Topliss-reactive ketones (excluding diaryl/α,β-unsaturated/α-hetero) is 1. The van der Waals surface area contributed by atoms with Gasteiger partial charge in [-0.25, -0.2) is 4.79 Å². The number of esters is 1. The monoisotopic (exact) mass is 525 g/mol. The fourth-order valence-electron chi connectivity index (χ4n) is 4.71. The van der Waals surface area contributed by atoms with Gasteiger partial charge in [0.1, 0.15) is 6.61 Å². The van der Waals surface area contributed by atoms with Crippen LogP contribution in [-0.4, -0.2) is 29.9 Å². The molecule has 6 heteroatoms. The Morgan fingerprint density at radius 3 is 2.61 bits per heavy atom. The van der Waals surface area contributed by atoms with E-state index < -0.39 is 5.92 Å². The minimum absolute atomic E-state index is 0.0851. The van der Waals surface area contributed by atoms with E-state index in [9.17, 15) is 9.59 Å². The quantitative estimate of drug-likeness (QED) is 0.349. The van der Waals surface area contributed by atoms with Gasteiger partial charge >= 0.3 is 5.97 Å². The summed E-state index contributed by atoms with van der Waals surface area (Å²) >= 11 is 5.29. The van der Waals surface area contributed by atoms with Crippen LogP contribution >= 0.6 is 27.7 Å². The summed E-state index contributed by atoms with van der Waals surface area (Å²) in [6, 6.07) is 18.0. The molecule has 1 heterocycles. The number of allylic oxidation sites excluding steroid dienone is 3. The average Bonchev–Trinajstić information content (AvgIpc) is 2.81. The summed E-state index contributed by atoms with van der Waals surface area (Å²) < 4.78 is 6.55. The fraction of sp³-hybridized carbons (Fsp3) is 0.333. The van der Waals surface area contributed by atoms with Crippen LogP contribution < -0.4 is 5.32 Å². The summed E-state index contributed by atoms with van der Waals surface area (Å²) in [5, 5.41) is 3.42. The molecule has 172 valence electrons. The van der Waals surface area contributed by atoms with Crippen LogP contribution in [0.4, 0.5) is 0 Å². The molecule has 0 spiro atoms. The van der Waals surface area contributed by atoms with Gasteiger partial charge in [-0.1, -0.05) is 65.3 Å². The molecule has 2 atom stereocenters. The summed E-state index contributed by atoms with van der Waals surface area (Å²) in [7, 11) is 0. The minimum Gasteiger partial charge on any atom is -0.461 e. The van der Waals surface area contributed by atoms with E-state index in [2.05, 4.69) is 40.3 Å². The number of rotatable bonds is 7. The Morgan fingerprint density at radius 2 is 1.88 bits per heavy atom. The van der Waals surface area contributed by atoms with Crippen LogP contribution in [0.25, 0.3) is 0 Å². The fourth-order valence-corrected chi connectivity index (χ4v) is 5.61. The second kappa shape index (κ2) is 10.7. The van der Waals surface area contributed by atoms with E-state index in [0.717, 1.165) is 39.4 Å². The Kier molecular flexibility index (Phi) is 7.76. The van der Waals surface area contributed by atoms with Crippen LogP contribution in [0.5, 0.6) is 0 Å². The van der Waals surface area contributed by atoms with Crippen molar-refractivity contribution in [3.8, 4) is 0 Å². The highest BCUT2D eigenvalue weighted by Crippen LogP contribution is 2.46. The Morgan fingerprint density at radius 1 is 1.12 bits per heavy atom. The van der Waals surface area contributed by atoms with Gasteiger partial charge in [-0.3, -0.25) is 4.79 Å². The molecule has 0 amide bonds. The predicted molar refractivity (Wildman–Crippen MR) is 137 cm³/mol. The van der Waals surface area contributed by atoms with Gasteiger partial charge < -0.3 is 10.1 Å². The minimum atomic E-state index is -0.436. The smallest absolute Gasteiger partial charge is 0.336 e. The van der Waals surface area contributed by atoms with E-state index in [1.807, 2.05) is 49.4 Å². The lowest BCUT2D eigenvalue weighted by Gasteiger charge is -2.36. The molecule has 0 radical (unpaired) electrons. The lowest BCUT2D eigenvalue weighted by Crippen LogP contribution is -2.36. The number of nitrogens with one attached hydrogen (secondary N) is 1. The highest BCUT2D eigenvalue weighted by Gasteiger charge is 2.41. The predicted octanol–water partition coefficient (Wildman–Crippen LogP) is 6.11. The zero-order valence-electron chi connectivity index (χ0n) is 18.9. The van der Waals surface area contributed by atoms with Crippen LogP contribution in [0.3, 0.4) is 0 Å². The van der Waals surface area contributed by atoms with Crippen molar-refractivity contribution in [1.29, 1.82) is 0 Å². The molecule has 0 aromatic heterocycles. The van der Waals surface area contributed by atoms with Gasteiger partial charge in [0, 0.05) is 39.5 Å². The highest BCUT2D eigenvalue weighted by molar-refractivity contribution is 9.10. The topological polar surface area (TPSA) is 55.4 Å². The second-order valence-electron chi connectivity index (χ2n) is 8.32. The summed E-state index contributed by atoms with van der Waals surface area (Å²) in [6.45, 7) is 4.34. The third-order valence-electron chi connectivity index (χ3n) is 6.17. The second-order valence-corrected chi connectivity index (χ2v) is 10.6. The van der Waals surface area contributed by atoms with E-state index in [4.69, 9.17) is 4.74 Å². The zero-order valence-corrected chi connectivity index (χ0v) is 21.3. The highest BCUT2D eigenvalue weighted by atomic mass is 79.9. The summed E-state index contributed by atoms with van der Waals surface area (Å²) in [4.78, 5) is 26.8. The van der Waals surface area contributed by atoms with E-state index in [0.29, 0.717) is 24.2 Å². The van der Waals surface area contributed by atoms with Crippen molar-refractivity contribution in [3.05, 3.63) is 92.7 Å². The molecular weight excluding hydrogens is 498 g/mol. The summed E-state index contributed by atoms with van der Waals surface area (Å²) in [6.07, 6.45) is 1.17. The standard InChI is InChI=1S/C27H28BrNO3S/c1-3-33-13-12-32-27(31)24-17(2)29-22-15-20(18-8-5-4-6-9-18)16-23(30)26(22)25(24)19-10-7-11-21(28)14-19/h4-11,14,20,25,29H,3,12-13,15-16H2,1-2H3/t20-,25-/m1/s1. The third-order valence-corrected chi connectivity index (χ3v) is 7.52. The number of carbonyl (C=O) groups excluding carboxylic acids is 2. The third kappa shape index (κ3) is 5.28. The SMILES string of the molecule is CCSCCOC(=O)C1=C(C)NC2=C(C(=O)C[C@H](c3ccccc3)C2)[C@@H]1c1cccc(Br)c1. The van der Waals surface area contributed by atoms with Gasteiger partial charge in [0.2, 0.25) is 0 Å². The van der Waals surface area contributed by atoms with Gasteiger partial charge in [0.05, 0.1) is 5.57 Å². The van der Waals surface area contributed by atoms with Gasteiger partial charge in [0.15, 0.2) is 5.78 Å². The van der Waals surface area contributed by atoms with Crippen LogP contribution in [0.2, 0.25) is 0 Å². The van der Waals surface area contributed by atoms with Crippen molar-refractivity contribution in [2.45, 2.75) is 38.5 Å². The maximum atomic E-state index is 13.6. The largest absolute Gasteiger partial charge is 0.461 e. The van der Waals surface area contributed by atoms with Crippen molar-refractivity contribution in [2.24, 2.45) is 0 Å². The van der Waals surface area contributed by atoms with Gasteiger partial charge in [-0.15, -0.1) is 0 Å². The molecule has 1 aliphatic carbocycles. The summed E-state index contributed by atoms with van der Waals surface area (Å²) in [5.41, 5.74) is 4.98. The van der Waals surface area contributed by atoms with Gasteiger partial charge in [-0.05, 0) is 48.3 Å². The van der Waals surface area contributed by atoms with Crippen molar-refractivity contribution in [3.63, 3.8) is 0 Å². The van der Waals surface area contributed by atoms with E-state index in [-0.39, 0.29) is 17.7 Å². The maximum absolute atomic E-state index is 13.6. The first-order valence-electron chi connectivity index (χ1n) is 11.3. The number of dihydropyridines is 1. The number of benzene rings is 2. The lowest BCUT2D eigenvalue weighted by atomic mass is 9.72. The molecule has 0 fully saturated rings. The number of hydrogen-bond acceptors (Lipinski definition) is 5. The Hall–Kier alpha value is -2.31. The first kappa shape index (κ1) is 23.8. The molecular formula is C27H28BrNO3S. The van der Waals surface area contributed by atoms with Gasteiger partial charge in [-0.2, -0.15) is 11.8 Å². The molecule has 0 saturated heterocycles. The number of ketones is 1. The van der Waals surface area contributed by atoms with Crippen molar-refractivity contribution >= 4 is 39.4 Å². The molecule has 1 aliphatic heterocycles. The van der Waals surface area contributed by atoms with Gasteiger partial charge in [0.25, 0.3) is 0 Å². The Labute approximate surface area is 208 Å².